The topological polar surface area (TPSA) is 34.4 Å². The highest BCUT2D eigenvalue weighted by atomic mass is 32.1. The molecule has 0 fully saturated rings. The standard InChI is InChI=1S/C18H17FN2OS/c1-11-4-9-15-17(12(11)2)21(3)18(23-15)20-16(22)10-13-5-7-14(19)8-6-13/h4-9H,10H2,1-3H3. The molecule has 1 amide bonds. The molecule has 0 aliphatic heterocycles. The van der Waals surface area contributed by atoms with Crippen molar-refractivity contribution in [3.8, 4) is 0 Å². The monoisotopic (exact) mass is 328 g/mol. The van der Waals surface area contributed by atoms with E-state index in [1.165, 1.54) is 34.6 Å². The lowest BCUT2D eigenvalue weighted by molar-refractivity contribution is -0.117. The molecule has 3 rings (SSSR count). The molecule has 0 aliphatic carbocycles. The van der Waals surface area contributed by atoms with Crippen LogP contribution >= 0.6 is 11.3 Å². The Kier molecular flexibility index (Phi) is 4.13. The number of amides is 1. The third-order valence-electron chi connectivity index (χ3n) is 3.98. The van der Waals surface area contributed by atoms with Crippen molar-refractivity contribution in [3.63, 3.8) is 0 Å². The first kappa shape index (κ1) is 15.6. The van der Waals surface area contributed by atoms with Crippen LogP contribution < -0.4 is 4.80 Å². The highest BCUT2D eigenvalue weighted by Crippen LogP contribution is 2.22. The van der Waals surface area contributed by atoms with Gasteiger partial charge in [-0.25, -0.2) is 4.39 Å². The molecular weight excluding hydrogens is 311 g/mol. The predicted molar refractivity (Wildman–Crippen MR) is 90.9 cm³/mol. The summed E-state index contributed by atoms with van der Waals surface area (Å²) < 4.78 is 16.0. The molecule has 0 radical (unpaired) electrons. The van der Waals surface area contributed by atoms with Crippen LogP contribution in [0.2, 0.25) is 0 Å². The molecule has 118 valence electrons. The minimum atomic E-state index is -0.306. The van der Waals surface area contributed by atoms with Gasteiger partial charge in [0.2, 0.25) is 0 Å². The van der Waals surface area contributed by atoms with Gasteiger partial charge in [-0.05, 0) is 48.7 Å². The van der Waals surface area contributed by atoms with Crippen molar-refractivity contribution in [1.82, 2.24) is 4.57 Å². The number of carbonyl (C=O) groups excluding carboxylic acids is 1. The predicted octanol–water partition coefficient (Wildman–Crippen LogP) is 3.67. The summed E-state index contributed by atoms with van der Waals surface area (Å²) in [6, 6.07) is 10.1. The van der Waals surface area contributed by atoms with Crippen molar-refractivity contribution >= 4 is 27.5 Å². The zero-order valence-electron chi connectivity index (χ0n) is 13.3. The fraction of sp³-hybridized carbons (Fsp3) is 0.222. The van der Waals surface area contributed by atoms with Gasteiger partial charge in [0.25, 0.3) is 5.91 Å². The van der Waals surface area contributed by atoms with E-state index in [0.29, 0.717) is 4.80 Å². The number of nitrogens with zero attached hydrogens (tertiary/aromatic N) is 2. The molecule has 3 aromatic rings. The maximum atomic E-state index is 12.9. The Morgan fingerprint density at radius 2 is 1.87 bits per heavy atom. The highest BCUT2D eigenvalue weighted by Gasteiger charge is 2.09. The first-order valence-corrected chi connectivity index (χ1v) is 8.15. The van der Waals surface area contributed by atoms with Gasteiger partial charge in [0.15, 0.2) is 4.80 Å². The number of halogens is 1. The lowest BCUT2D eigenvalue weighted by Gasteiger charge is -2.03. The van der Waals surface area contributed by atoms with Crippen LogP contribution in [0, 0.1) is 19.7 Å². The van der Waals surface area contributed by atoms with Crippen LogP contribution in [-0.2, 0) is 18.3 Å². The number of hydrogen-bond acceptors (Lipinski definition) is 2. The number of carbonyl (C=O) groups is 1. The van der Waals surface area contributed by atoms with E-state index >= 15 is 0 Å². The Morgan fingerprint density at radius 3 is 2.57 bits per heavy atom. The maximum absolute atomic E-state index is 12.9. The van der Waals surface area contributed by atoms with Crippen molar-refractivity contribution < 1.29 is 9.18 Å². The maximum Gasteiger partial charge on any atom is 0.252 e. The molecule has 0 bridgehead atoms. The molecule has 0 spiro atoms. The zero-order valence-corrected chi connectivity index (χ0v) is 14.1. The first-order chi connectivity index (χ1) is 11.0. The van der Waals surface area contributed by atoms with Crippen molar-refractivity contribution in [3.05, 3.63) is 63.7 Å². The van der Waals surface area contributed by atoms with E-state index in [1.54, 1.807) is 12.1 Å². The molecule has 0 saturated heterocycles. The number of aryl methyl sites for hydroxylation is 3. The second-order valence-electron chi connectivity index (χ2n) is 5.61. The Labute approximate surface area is 137 Å². The van der Waals surface area contributed by atoms with Crippen molar-refractivity contribution in [1.29, 1.82) is 0 Å². The minimum absolute atomic E-state index is 0.173. The number of aromatic nitrogens is 1. The third kappa shape index (κ3) is 3.10. The molecule has 0 N–H and O–H groups in total. The third-order valence-corrected chi connectivity index (χ3v) is 5.07. The number of fused-ring (bicyclic) bond motifs is 1. The molecule has 0 saturated carbocycles. The largest absolute Gasteiger partial charge is 0.319 e. The fourth-order valence-electron chi connectivity index (χ4n) is 2.56. The van der Waals surface area contributed by atoms with E-state index in [0.717, 1.165) is 15.8 Å². The van der Waals surface area contributed by atoms with Crippen molar-refractivity contribution in [2.45, 2.75) is 20.3 Å². The minimum Gasteiger partial charge on any atom is -0.319 e. The molecule has 0 aliphatic rings. The number of rotatable bonds is 2. The molecule has 0 unspecified atom stereocenters. The van der Waals surface area contributed by atoms with Gasteiger partial charge in [0, 0.05) is 7.05 Å². The van der Waals surface area contributed by atoms with Crippen molar-refractivity contribution in [2.24, 2.45) is 12.0 Å². The quantitative estimate of drug-likeness (QED) is 0.707. The number of thiazole rings is 1. The number of benzene rings is 2. The van der Waals surface area contributed by atoms with Crippen molar-refractivity contribution in [2.75, 3.05) is 0 Å². The zero-order chi connectivity index (χ0) is 16.6. The van der Waals surface area contributed by atoms with Crippen LogP contribution in [0.15, 0.2) is 41.4 Å². The summed E-state index contributed by atoms with van der Waals surface area (Å²) in [6.07, 6.45) is 0.173. The van der Waals surface area contributed by atoms with E-state index in [1.807, 2.05) is 11.6 Å². The summed E-state index contributed by atoms with van der Waals surface area (Å²) in [7, 11) is 1.93. The molecule has 1 aromatic heterocycles. The number of hydrogen-bond donors (Lipinski definition) is 0. The van der Waals surface area contributed by atoms with E-state index in [4.69, 9.17) is 0 Å². The van der Waals surface area contributed by atoms with Gasteiger partial charge < -0.3 is 4.57 Å². The summed E-state index contributed by atoms with van der Waals surface area (Å²) in [4.78, 5) is 17.1. The van der Waals surface area contributed by atoms with Gasteiger partial charge in [-0.15, -0.1) is 0 Å². The molecular formula is C18H17FN2OS. The van der Waals surface area contributed by atoms with Gasteiger partial charge >= 0.3 is 0 Å². The second-order valence-corrected chi connectivity index (χ2v) is 6.62. The summed E-state index contributed by atoms with van der Waals surface area (Å²) in [5.74, 6) is -0.534. The van der Waals surface area contributed by atoms with Gasteiger partial charge in [-0.3, -0.25) is 4.79 Å². The molecule has 2 aromatic carbocycles. The van der Waals surface area contributed by atoms with Crippen LogP contribution in [0.3, 0.4) is 0 Å². The van der Waals surface area contributed by atoms with Crippen LogP contribution in [0.5, 0.6) is 0 Å². The SMILES string of the molecule is Cc1ccc2sc(=NC(=O)Cc3ccc(F)cc3)n(C)c2c1C. The summed E-state index contributed by atoms with van der Waals surface area (Å²) in [5, 5.41) is 0. The van der Waals surface area contributed by atoms with Crippen LogP contribution in [0.1, 0.15) is 16.7 Å². The molecule has 5 heteroatoms. The second kappa shape index (κ2) is 6.08. The van der Waals surface area contributed by atoms with E-state index < -0.39 is 0 Å². The summed E-state index contributed by atoms with van der Waals surface area (Å²) in [5.41, 5.74) is 4.29. The highest BCUT2D eigenvalue weighted by molar-refractivity contribution is 7.16. The van der Waals surface area contributed by atoms with Gasteiger partial charge in [0.05, 0.1) is 16.6 Å². The average Bonchev–Trinajstić information content (AvgIpc) is 2.82. The van der Waals surface area contributed by atoms with Gasteiger partial charge in [0.1, 0.15) is 5.82 Å². The van der Waals surface area contributed by atoms with Crippen LogP contribution in [0.25, 0.3) is 10.2 Å². The fourth-order valence-corrected chi connectivity index (χ4v) is 3.65. The van der Waals surface area contributed by atoms with E-state index in [-0.39, 0.29) is 18.1 Å². The average molecular weight is 328 g/mol. The molecule has 1 heterocycles. The lowest BCUT2D eigenvalue weighted by Crippen LogP contribution is -2.14. The van der Waals surface area contributed by atoms with Crippen LogP contribution in [-0.4, -0.2) is 10.5 Å². The lowest BCUT2D eigenvalue weighted by atomic mass is 10.1. The molecule has 23 heavy (non-hydrogen) atoms. The Balaban J connectivity index is 1.97. The Hall–Kier alpha value is -2.27. The Bertz CT molecular complexity index is 952. The first-order valence-electron chi connectivity index (χ1n) is 7.33. The van der Waals surface area contributed by atoms with E-state index in [9.17, 15) is 9.18 Å². The summed E-state index contributed by atoms with van der Waals surface area (Å²) in [6.45, 7) is 4.15. The smallest absolute Gasteiger partial charge is 0.252 e. The molecule has 0 atom stereocenters. The molecule has 3 nitrogen and oxygen atoms in total. The van der Waals surface area contributed by atoms with Gasteiger partial charge in [-0.2, -0.15) is 4.99 Å². The summed E-state index contributed by atoms with van der Waals surface area (Å²) >= 11 is 1.50. The van der Waals surface area contributed by atoms with Crippen LogP contribution in [0.4, 0.5) is 4.39 Å². The Morgan fingerprint density at radius 1 is 1.17 bits per heavy atom. The normalized spacial score (nSPS) is 12.1. The van der Waals surface area contributed by atoms with Gasteiger partial charge in [-0.1, -0.05) is 29.5 Å². The van der Waals surface area contributed by atoms with E-state index in [2.05, 4.69) is 31.0 Å².